The zero-order valence-corrected chi connectivity index (χ0v) is 12.9. The monoisotopic (exact) mass is 302 g/mol. The van der Waals surface area contributed by atoms with Crippen molar-refractivity contribution < 1.29 is 9.64 Å². The summed E-state index contributed by atoms with van der Waals surface area (Å²) < 4.78 is 5.71. The molecule has 1 N–H and O–H groups in total. The lowest BCUT2D eigenvalue weighted by atomic mass is 10.0. The molecule has 2 nitrogen and oxygen atoms in total. The lowest BCUT2D eigenvalue weighted by molar-refractivity contribution is -0.908. The Bertz CT molecular complexity index is 411. The zero-order valence-electron chi connectivity index (χ0n) is 11.4. The summed E-state index contributed by atoms with van der Waals surface area (Å²) in [5.41, 5.74) is 0. The minimum Gasteiger partial charge on any atom is -0.492 e. The molecule has 0 bridgehead atoms. The van der Waals surface area contributed by atoms with Crippen LogP contribution in [0, 0.1) is 5.92 Å². The van der Waals surface area contributed by atoms with Gasteiger partial charge in [0, 0.05) is 23.4 Å². The van der Waals surface area contributed by atoms with Crippen molar-refractivity contribution in [2.75, 3.05) is 26.2 Å². The molecule has 2 atom stereocenters. The predicted molar refractivity (Wildman–Crippen MR) is 80.5 cm³/mol. The summed E-state index contributed by atoms with van der Waals surface area (Å²) in [5.74, 6) is 1.56. The molecule has 0 aliphatic carbocycles. The molecule has 0 spiro atoms. The highest BCUT2D eigenvalue weighted by Gasteiger charge is 2.18. The molecule has 1 aliphatic rings. The number of hydrogen-bond donors (Lipinski definition) is 1. The third kappa shape index (κ3) is 4.87. The average Bonchev–Trinajstić information content (AvgIpc) is 2.39. The topological polar surface area (TPSA) is 13.7 Å². The van der Waals surface area contributed by atoms with E-state index in [-0.39, 0.29) is 0 Å². The maximum Gasteiger partial charge on any atom is 0.139 e. The number of nitrogens with one attached hydrogen (secondary N) is 1. The molecule has 1 fully saturated rings. The number of hydrogen-bond acceptors (Lipinski definition) is 1. The number of ether oxygens (including phenoxy) is 1. The third-order valence-electron chi connectivity index (χ3n) is 3.69. The van der Waals surface area contributed by atoms with E-state index in [4.69, 9.17) is 27.9 Å². The SMILES string of the molecule is C[C@@H]1CCC[NH+](CCCOc2cc(Cl)ccc2Cl)C1. The van der Waals surface area contributed by atoms with Gasteiger partial charge in [-0.05, 0) is 25.0 Å². The van der Waals surface area contributed by atoms with Crippen molar-refractivity contribution in [1.29, 1.82) is 0 Å². The largest absolute Gasteiger partial charge is 0.492 e. The van der Waals surface area contributed by atoms with Crippen LogP contribution in [-0.2, 0) is 0 Å². The van der Waals surface area contributed by atoms with Gasteiger partial charge in [0.15, 0.2) is 0 Å². The Labute approximate surface area is 125 Å². The second-order valence-electron chi connectivity index (χ2n) is 5.48. The predicted octanol–water partition coefficient (Wildman–Crippen LogP) is 3.08. The van der Waals surface area contributed by atoms with E-state index in [1.54, 1.807) is 23.1 Å². The van der Waals surface area contributed by atoms with Gasteiger partial charge in [0.1, 0.15) is 5.75 Å². The summed E-state index contributed by atoms with van der Waals surface area (Å²) in [4.78, 5) is 1.71. The van der Waals surface area contributed by atoms with E-state index in [0.29, 0.717) is 22.4 Å². The Morgan fingerprint density at radius 1 is 1.37 bits per heavy atom. The van der Waals surface area contributed by atoms with Crippen molar-refractivity contribution in [3.63, 3.8) is 0 Å². The first-order valence-corrected chi connectivity index (χ1v) is 7.82. The molecule has 0 amide bonds. The van der Waals surface area contributed by atoms with Crippen LogP contribution in [-0.4, -0.2) is 26.2 Å². The lowest BCUT2D eigenvalue weighted by Gasteiger charge is -2.27. The van der Waals surface area contributed by atoms with Crippen molar-refractivity contribution in [2.45, 2.75) is 26.2 Å². The molecule has 1 aliphatic heterocycles. The number of piperidine rings is 1. The van der Waals surface area contributed by atoms with Gasteiger partial charge in [0.05, 0.1) is 31.3 Å². The smallest absolute Gasteiger partial charge is 0.139 e. The first-order chi connectivity index (χ1) is 9.15. The molecule has 0 radical (unpaired) electrons. The Morgan fingerprint density at radius 3 is 3.00 bits per heavy atom. The van der Waals surface area contributed by atoms with Crippen molar-refractivity contribution in [3.05, 3.63) is 28.2 Å². The first-order valence-electron chi connectivity index (χ1n) is 7.06. The Balaban J connectivity index is 1.70. The molecule has 2 rings (SSSR count). The summed E-state index contributed by atoms with van der Waals surface area (Å²) in [5, 5.41) is 1.29. The number of halogens is 2. The Hall–Kier alpha value is -0.440. The van der Waals surface area contributed by atoms with Crippen LogP contribution in [0.15, 0.2) is 18.2 Å². The first kappa shape index (κ1) is 15.0. The standard InChI is InChI=1S/C15H21Cl2NO/c1-12-4-2-7-18(11-12)8-3-9-19-15-10-13(16)5-6-14(15)17/h5-6,10,12H,2-4,7-9,11H2,1H3/p+1/t12-/m1/s1. The van der Waals surface area contributed by atoms with Crippen LogP contribution >= 0.6 is 23.2 Å². The maximum absolute atomic E-state index is 6.05. The number of rotatable bonds is 5. The Morgan fingerprint density at radius 2 is 2.21 bits per heavy atom. The summed E-state index contributed by atoms with van der Waals surface area (Å²) in [7, 11) is 0. The quantitative estimate of drug-likeness (QED) is 0.825. The molecule has 1 aromatic carbocycles. The van der Waals surface area contributed by atoms with Gasteiger partial charge in [-0.3, -0.25) is 0 Å². The Kier molecular flexibility index (Phi) is 5.80. The van der Waals surface area contributed by atoms with Crippen molar-refractivity contribution in [2.24, 2.45) is 5.92 Å². The normalized spacial score (nSPS) is 23.3. The molecule has 1 heterocycles. The lowest BCUT2D eigenvalue weighted by Crippen LogP contribution is -3.13. The number of benzene rings is 1. The van der Waals surface area contributed by atoms with Gasteiger partial charge in [-0.25, -0.2) is 0 Å². The van der Waals surface area contributed by atoms with Crippen LogP contribution in [0.2, 0.25) is 10.0 Å². The summed E-state index contributed by atoms with van der Waals surface area (Å²) >= 11 is 12.0. The maximum atomic E-state index is 6.05. The third-order valence-corrected chi connectivity index (χ3v) is 4.24. The van der Waals surface area contributed by atoms with Gasteiger partial charge in [0.2, 0.25) is 0 Å². The highest BCUT2D eigenvalue weighted by atomic mass is 35.5. The van der Waals surface area contributed by atoms with Crippen LogP contribution in [0.25, 0.3) is 0 Å². The molecule has 1 unspecified atom stereocenters. The fourth-order valence-corrected chi connectivity index (χ4v) is 3.05. The summed E-state index contributed by atoms with van der Waals surface area (Å²) in [6.45, 7) is 6.85. The van der Waals surface area contributed by atoms with Gasteiger partial charge in [-0.2, -0.15) is 0 Å². The molecule has 4 heteroatoms. The minimum atomic E-state index is 0.628. The molecule has 0 saturated carbocycles. The van der Waals surface area contributed by atoms with Crippen molar-refractivity contribution >= 4 is 23.2 Å². The van der Waals surface area contributed by atoms with E-state index in [2.05, 4.69) is 6.92 Å². The van der Waals surface area contributed by atoms with Gasteiger partial charge in [0.25, 0.3) is 0 Å². The molecule has 106 valence electrons. The van der Waals surface area contributed by atoms with Gasteiger partial charge in [-0.1, -0.05) is 30.1 Å². The van der Waals surface area contributed by atoms with Gasteiger partial charge >= 0.3 is 0 Å². The van der Waals surface area contributed by atoms with E-state index in [1.165, 1.54) is 32.5 Å². The fourth-order valence-electron chi connectivity index (χ4n) is 2.72. The van der Waals surface area contributed by atoms with Crippen LogP contribution in [0.4, 0.5) is 0 Å². The average molecular weight is 303 g/mol. The van der Waals surface area contributed by atoms with Crippen LogP contribution in [0.5, 0.6) is 5.75 Å². The highest BCUT2D eigenvalue weighted by molar-refractivity contribution is 6.34. The number of likely N-dealkylation sites (tertiary alicyclic amines) is 1. The van der Waals surface area contributed by atoms with E-state index in [9.17, 15) is 0 Å². The molecule has 19 heavy (non-hydrogen) atoms. The van der Waals surface area contributed by atoms with Gasteiger partial charge in [-0.15, -0.1) is 0 Å². The van der Waals surface area contributed by atoms with Crippen LogP contribution in [0.1, 0.15) is 26.2 Å². The fraction of sp³-hybridized carbons (Fsp3) is 0.600. The second-order valence-corrected chi connectivity index (χ2v) is 6.32. The van der Waals surface area contributed by atoms with Crippen LogP contribution in [0.3, 0.4) is 0 Å². The second kappa shape index (κ2) is 7.37. The molecule has 0 aromatic heterocycles. The van der Waals surface area contributed by atoms with Gasteiger partial charge < -0.3 is 9.64 Å². The van der Waals surface area contributed by atoms with E-state index < -0.39 is 0 Å². The van der Waals surface area contributed by atoms with E-state index in [1.807, 2.05) is 0 Å². The number of quaternary nitrogens is 1. The van der Waals surface area contributed by atoms with E-state index >= 15 is 0 Å². The molecular weight excluding hydrogens is 281 g/mol. The molecular formula is C15H22Cl2NO+. The van der Waals surface area contributed by atoms with Crippen LogP contribution < -0.4 is 9.64 Å². The summed E-state index contributed by atoms with van der Waals surface area (Å²) in [6.07, 6.45) is 3.81. The molecule has 1 aromatic rings. The highest BCUT2D eigenvalue weighted by Crippen LogP contribution is 2.27. The summed E-state index contributed by atoms with van der Waals surface area (Å²) in [6, 6.07) is 5.33. The van der Waals surface area contributed by atoms with E-state index in [0.717, 1.165) is 12.3 Å². The van der Waals surface area contributed by atoms with Crippen molar-refractivity contribution in [1.82, 2.24) is 0 Å². The zero-order chi connectivity index (χ0) is 13.7. The minimum absolute atomic E-state index is 0.628. The van der Waals surface area contributed by atoms with Crippen molar-refractivity contribution in [3.8, 4) is 5.75 Å². The molecule has 1 saturated heterocycles.